The average Bonchev–Trinajstić information content (AvgIpc) is 2.23. The van der Waals surface area contributed by atoms with Gasteiger partial charge in [-0.1, -0.05) is 18.2 Å². The third-order valence-corrected chi connectivity index (χ3v) is 2.75. The minimum atomic E-state index is -0.538. The van der Waals surface area contributed by atoms with Gasteiger partial charge < -0.3 is 5.73 Å². The zero-order chi connectivity index (χ0) is 12.1. The van der Waals surface area contributed by atoms with Gasteiger partial charge in [-0.15, -0.1) is 12.3 Å². The van der Waals surface area contributed by atoms with Crippen LogP contribution in [0.3, 0.4) is 0 Å². The number of nitrogens with two attached hydrogens (primary N) is 1. The first-order chi connectivity index (χ1) is 7.56. The van der Waals surface area contributed by atoms with Gasteiger partial charge in [0.15, 0.2) is 5.78 Å². The Morgan fingerprint density at radius 2 is 2.00 bits per heavy atom. The van der Waals surface area contributed by atoms with Crippen molar-refractivity contribution in [3.05, 3.63) is 34.9 Å². The topological polar surface area (TPSA) is 43.1 Å². The summed E-state index contributed by atoms with van der Waals surface area (Å²) >= 11 is 0. The van der Waals surface area contributed by atoms with Crippen molar-refractivity contribution in [1.82, 2.24) is 0 Å². The van der Waals surface area contributed by atoms with Crippen LogP contribution in [0.2, 0.25) is 0 Å². The number of Topliss-reactive ketones (excluding diaryl/α,β-unsaturated/α-hetero) is 1. The number of carbonyl (C=O) groups excluding carboxylic acids is 1. The molecule has 1 aromatic carbocycles. The van der Waals surface area contributed by atoms with Crippen molar-refractivity contribution in [2.24, 2.45) is 5.73 Å². The first-order valence-electron chi connectivity index (χ1n) is 5.33. The largest absolute Gasteiger partial charge is 0.321 e. The summed E-state index contributed by atoms with van der Waals surface area (Å²) in [4.78, 5) is 11.8. The highest BCUT2D eigenvalue weighted by molar-refractivity contribution is 5.86. The van der Waals surface area contributed by atoms with Gasteiger partial charge >= 0.3 is 0 Å². The fourth-order valence-corrected chi connectivity index (χ4v) is 1.67. The van der Waals surface area contributed by atoms with Gasteiger partial charge in [0.2, 0.25) is 0 Å². The zero-order valence-corrected chi connectivity index (χ0v) is 9.79. The molecule has 84 valence electrons. The monoisotopic (exact) mass is 215 g/mol. The molecule has 0 aliphatic heterocycles. The molecule has 0 amide bonds. The van der Waals surface area contributed by atoms with E-state index in [-0.39, 0.29) is 5.78 Å². The van der Waals surface area contributed by atoms with Gasteiger partial charge in [0.05, 0.1) is 6.04 Å². The van der Waals surface area contributed by atoms with Crippen molar-refractivity contribution >= 4 is 5.78 Å². The summed E-state index contributed by atoms with van der Waals surface area (Å²) in [6, 6.07) is 5.45. The molecule has 0 radical (unpaired) electrons. The highest BCUT2D eigenvalue weighted by atomic mass is 16.1. The van der Waals surface area contributed by atoms with E-state index in [1.54, 1.807) is 0 Å². The van der Waals surface area contributed by atoms with Crippen LogP contribution in [0, 0.1) is 26.2 Å². The number of rotatable bonds is 4. The molecular weight excluding hydrogens is 198 g/mol. The van der Waals surface area contributed by atoms with Crippen molar-refractivity contribution in [3.63, 3.8) is 0 Å². The lowest BCUT2D eigenvalue weighted by atomic mass is 9.95. The number of hydrogen-bond acceptors (Lipinski definition) is 2. The predicted molar refractivity (Wildman–Crippen MR) is 66.1 cm³/mol. The first kappa shape index (κ1) is 12.5. The molecular formula is C14H17NO. The molecule has 1 aromatic rings. The van der Waals surface area contributed by atoms with Crippen LogP contribution in [0.1, 0.15) is 23.1 Å². The Morgan fingerprint density at radius 1 is 1.44 bits per heavy atom. The number of carbonyl (C=O) groups is 1. The van der Waals surface area contributed by atoms with Gasteiger partial charge in [-0.05, 0) is 30.5 Å². The summed E-state index contributed by atoms with van der Waals surface area (Å²) in [7, 11) is 0. The van der Waals surface area contributed by atoms with Gasteiger partial charge in [0.1, 0.15) is 0 Å². The SMILES string of the molecule is C#CCC(N)C(=O)Cc1c(C)cccc1C. The van der Waals surface area contributed by atoms with Crippen LogP contribution in [0.4, 0.5) is 0 Å². The van der Waals surface area contributed by atoms with Crippen molar-refractivity contribution in [2.75, 3.05) is 0 Å². The lowest BCUT2D eigenvalue weighted by Crippen LogP contribution is -2.31. The smallest absolute Gasteiger partial charge is 0.154 e. The van der Waals surface area contributed by atoms with E-state index in [9.17, 15) is 4.79 Å². The average molecular weight is 215 g/mol. The molecule has 2 heteroatoms. The molecule has 1 unspecified atom stereocenters. The van der Waals surface area contributed by atoms with E-state index in [1.807, 2.05) is 32.0 Å². The van der Waals surface area contributed by atoms with Crippen molar-refractivity contribution in [3.8, 4) is 12.3 Å². The predicted octanol–water partition coefficient (Wildman–Crippen LogP) is 1.77. The van der Waals surface area contributed by atoms with Crippen LogP contribution < -0.4 is 5.73 Å². The Kier molecular flexibility index (Phi) is 4.28. The molecule has 0 bridgehead atoms. The van der Waals surface area contributed by atoms with Gasteiger partial charge in [-0.3, -0.25) is 4.79 Å². The molecule has 0 aliphatic rings. The van der Waals surface area contributed by atoms with Gasteiger partial charge in [-0.2, -0.15) is 0 Å². The fraction of sp³-hybridized carbons (Fsp3) is 0.357. The minimum absolute atomic E-state index is 0.00958. The Balaban J connectivity index is 2.82. The van der Waals surface area contributed by atoms with E-state index >= 15 is 0 Å². The molecule has 0 saturated carbocycles. The molecule has 1 atom stereocenters. The summed E-state index contributed by atoms with van der Waals surface area (Å²) in [5.74, 6) is 2.43. The standard InChI is InChI=1S/C14H17NO/c1-4-6-13(15)14(16)9-12-10(2)7-5-8-11(12)3/h1,5,7-8,13H,6,9,15H2,2-3H3. The van der Waals surface area contributed by atoms with Crippen LogP contribution in [0.25, 0.3) is 0 Å². The summed E-state index contributed by atoms with van der Waals surface area (Å²) in [6.07, 6.45) is 5.82. The van der Waals surface area contributed by atoms with Gasteiger partial charge in [0.25, 0.3) is 0 Å². The van der Waals surface area contributed by atoms with Crippen LogP contribution in [-0.4, -0.2) is 11.8 Å². The second kappa shape index (κ2) is 5.48. The minimum Gasteiger partial charge on any atom is -0.321 e. The Hall–Kier alpha value is -1.59. The van der Waals surface area contributed by atoms with E-state index in [0.717, 1.165) is 16.7 Å². The highest BCUT2D eigenvalue weighted by Crippen LogP contribution is 2.14. The molecule has 2 N–H and O–H groups in total. The number of aryl methyl sites for hydroxylation is 2. The van der Waals surface area contributed by atoms with Crippen LogP contribution >= 0.6 is 0 Å². The number of terminal acetylenes is 1. The first-order valence-corrected chi connectivity index (χ1v) is 5.33. The fourth-order valence-electron chi connectivity index (χ4n) is 1.67. The van der Waals surface area contributed by atoms with Crippen LogP contribution in [0.15, 0.2) is 18.2 Å². The Labute approximate surface area is 96.9 Å². The third kappa shape index (κ3) is 2.95. The van der Waals surface area contributed by atoms with Crippen LogP contribution in [0.5, 0.6) is 0 Å². The maximum absolute atomic E-state index is 11.8. The van der Waals surface area contributed by atoms with E-state index < -0.39 is 6.04 Å². The lowest BCUT2D eigenvalue weighted by Gasteiger charge is -2.11. The number of hydrogen-bond donors (Lipinski definition) is 1. The highest BCUT2D eigenvalue weighted by Gasteiger charge is 2.14. The van der Waals surface area contributed by atoms with E-state index in [1.165, 1.54) is 0 Å². The zero-order valence-electron chi connectivity index (χ0n) is 9.79. The second-order valence-corrected chi connectivity index (χ2v) is 4.03. The molecule has 1 rings (SSSR count). The Morgan fingerprint density at radius 3 is 2.50 bits per heavy atom. The molecule has 0 aromatic heterocycles. The second-order valence-electron chi connectivity index (χ2n) is 4.03. The summed E-state index contributed by atoms with van der Waals surface area (Å²) in [6.45, 7) is 4.00. The molecule has 0 fully saturated rings. The maximum Gasteiger partial charge on any atom is 0.154 e. The third-order valence-electron chi connectivity index (χ3n) is 2.75. The van der Waals surface area contributed by atoms with E-state index in [4.69, 9.17) is 12.2 Å². The maximum atomic E-state index is 11.8. The molecule has 0 aliphatic carbocycles. The van der Waals surface area contributed by atoms with E-state index in [2.05, 4.69) is 5.92 Å². The van der Waals surface area contributed by atoms with Crippen molar-refractivity contribution < 1.29 is 4.79 Å². The summed E-state index contributed by atoms with van der Waals surface area (Å²) in [5, 5.41) is 0. The summed E-state index contributed by atoms with van der Waals surface area (Å²) in [5.41, 5.74) is 9.01. The van der Waals surface area contributed by atoms with Gasteiger partial charge in [0, 0.05) is 12.8 Å². The number of benzene rings is 1. The van der Waals surface area contributed by atoms with Crippen molar-refractivity contribution in [2.45, 2.75) is 32.7 Å². The number of ketones is 1. The lowest BCUT2D eigenvalue weighted by molar-refractivity contribution is -0.119. The van der Waals surface area contributed by atoms with E-state index in [0.29, 0.717) is 12.8 Å². The molecule has 16 heavy (non-hydrogen) atoms. The van der Waals surface area contributed by atoms with Crippen LogP contribution in [-0.2, 0) is 11.2 Å². The molecule has 2 nitrogen and oxygen atoms in total. The molecule has 0 saturated heterocycles. The summed E-state index contributed by atoms with van der Waals surface area (Å²) < 4.78 is 0. The quantitative estimate of drug-likeness (QED) is 0.778. The van der Waals surface area contributed by atoms with Gasteiger partial charge in [-0.25, -0.2) is 0 Å². The van der Waals surface area contributed by atoms with Crippen molar-refractivity contribution in [1.29, 1.82) is 0 Å². The molecule has 0 heterocycles. The normalized spacial score (nSPS) is 11.9. The Bertz CT molecular complexity index is 409. The molecule has 0 spiro atoms.